The van der Waals surface area contributed by atoms with Crippen molar-refractivity contribution in [3.8, 4) is 11.8 Å². The average molecular weight is 286 g/mol. The number of aliphatic hydroxyl groups excluding tert-OH is 1. The molecule has 0 atom stereocenters. The van der Waals surface area contributed by atoms with Gasteiger partial charge in [0, 0.05) is 0 Å². The van der Waals surface area contributed by atoms with E-state index in [1.807, 2.05) is 6.07 Å². The Hall–Kier alpha value is -1.56. The third-order valence-corrected chi connectivity index (χ3v) is 3.62. The second kappa shape index (κ2) is 10.2. The number of aliphatic hydroxyl groups is 1. The highest BCUT2D eigenvalue weighted by molar-refractivity contribution is 5.48. The molecule has 2 nitrogen and oxygen atoms in total. The van der Waals surface area contributed by atoms with E-state index in [4.69, 9.17) is 5.11 Å². The van der Waals surface area contributed by atoms with Crippen LogP contribution in [0.3, 0.4) is 0 Å². The molecule has 0 fully saturated rings. The summed E-state index contributed by atoms with van der Waals surface area (Å²) in [5.74, 6) is 5.93. The van der Waals surface area contributed by atoms with Crippen LogP contribution < -0.4 is 0 Å². The summed E-state index contributed by atoms with van der Waals surface area (Å²) in [5, 5.41) is 8.85. The maximum absolute atomic E-state index is 8.85. The Bertz CT molecular complexity index is 461. The van der Waals surface area contributed by atoms with Gasteiger partial charge in [-0.25, -0.2) is 0 Å². The quantitative estimate of drug-likeness (QED) is 0.574. The Morgan fingerprint density at radius 2 is 1.71 bits per heavy atom. The van der Waals surface area contributed by atoms with Crippen molar-refractivity contribution in [2.45, 2.75) is 26.7 Å². The van der Waals surface area contributed by atoms with Crippen molar-refractivity contribution in [3.05, 3.63) is 42.0 Å². The SMILES string of the molecule is CCC[N+](CC#CCO)(CC=Cc1ccccc1)CCC. The van der Waals surface area contributed by atoms with E-state index in [9.17, 15) is 0 Å². The van der Waals surface area contributed by atoms with Crippen molar-refractivity contribution >= 4 is 6.08 Å². The molecule has 21 heavy (non-hydrogen) atoms. The fraction of sp³-hybridized carbons (Fsp3) is 0.474. The third kappa shape index (κ3) is 6.62. The summed E-state index contributed by atoms with van der Waals surface area (Å²) in [7, 11) is 0. The second-order valence-electron chi connectivity index (χ2n) is 5.45. The minimum atomic E-state index is -0.0435. The summed E-state index contributed by atoms with van der Waals surface area (Å²) in [6.45, 7) is 8.49. The van der Waals surface area contributed by atoms with E-state index in [-0.39, 0.29) is 6.61 Å². The lowest BCUT2D eigenvalue weighted by atomic mass is 10.2. The number of quaternary nitrogens is 1. The fourth-order valence-electron chi connectivity index (χ4n) is 2.72. The molecule has 1 rings (SSSR count). The predicted molar refractivity (Wildman–Crippen MR) is 90.6 cm³/mol. The Labute approximate surface area is 129 Å². The molecule has 0 aliphatic carbocycles. The fourth-order valence-corrected chi connectivity index (χ4v) is 2.72. The Morgan fingerprint density at radius 1 is 1.05 bits per heavy atom. The molecule has 0 bridgehead atoms. The summed E-state index contributed by atoms with van der Waals surface area (Å²) in [5.41, 5.74) is 1.24. The van der Waals surface area contributed by atoms with Crippen LogP contribution in [0.15, 0.2) is 36.4 Å². The molecule has 1 aromatic rings. The van der Waals surface area contributed by atoms with Gasteiger partial charge in [0.2, 0.25) is 0 Å². The van der Waals surface area contributed by atoms with Crippen LogP contribution in [0.1, 0.15) is 32.3 Å². The molecule has 0 saturated heterocycles. The molecule has 0 aliphatic rings. The highest BCUT2D eigenvalue weighted by Gasteiger charge is 2.22. The summed E-state index contributed by atoms with van der Waals surface area (Å²) in [6.07, 6.45) is 6.76. The van der Waals surface area contributed by atoms with E-state index in [0.29, 0.717) is 0 Å². The first-order valence-electron chi connectivity index (χ1n) is 7.89. The van der Waals surface area contributed by atoms with Gasteiger partial charge in [-0.05, 0) is 30.4 Å². The van der Waals surface area contributed by atoms with Crippen LogP contribution in [-0.4, -0.2) is 42.4 Å². The smallest absolute Gasteiger partial charge is 0.141 e. The molecule has 0 unspecified atom stereocenters. The molecule has 0 radical (unpaired) electrons. The number of benzene rings is 1. The van der Waals surface area contributed by atoms with Crippen LogP contribution in [0.5, 0.6) is 0 Å². The van der Waals surface area contributed by atoms with Crippen molar-refractivity contribution in [2.24, 2.45) is 0 Å². The lowest BCUT2D eigenvalue weighted by Gasteiger charge is -2.36. The monoisotopic (exact) mass is 286 g/mol. The Morgan fingerprint density at radius 3 is 2.29 bits per heavy atom. The first kappa shape index (κ1) is 17.5. The largest absolute Gasteiger partial charge is 0.384 e. The maximum Gasteiger partial charge on any atom is 0.141 e. The molecule has 0 heterocycles. The summed E-state index contributed by atoms with van der Waals surface area (Å²) >= 11 is 0. The zero-order chi connectivity index (χ0) is 15.4. The minimum Gasteiger partial charge on any atom is -0.384 e. The summed E-state index contributed by atoms with van der Waals surface area (Å²) < 4.78 is 0.989. The summed E-state index contributed by atoms with van der Waals surface area (Å²) in [6, 6.07) is 10.4. The molecular formula is C19H28NO+. The highest BCUT2D eigenvalue weighted by atomic mass is 16.2. The van der Waals surface area contributed by atoms with Crippen LogP contribution in [0.4, 0.5) is 0 Å². The van der Waals surface area contributed by atoms with E-state index in [2.05, 4.69) is 62.1 Å². The van der Waals surface area contributed by atoms with Crippen LogP contribution in [0, 0.1) is 11.8 Å². The van der Waals surface area contributed by atoms with Gasteiger partial charge in [-0.3, -0.25) is 0 Å². The van der Waals surface area contributed by atoms with Gasteiger partial charge in [0.05, 0.1) is 19.6 Å². The molecule has 2 heteroatoms. The highest BCUT2D eigenvalue weighted by Crippen LogP contribution is 2.11. The van der Waals surface area contributed by atoms with Crippen molar-refractivity contribution in [1.29, 1.82) is 0 Å². The number of hydrogen-bond acceptors (Lipinski definition) is 1. The van der Waals surface area contributed by atoms with Gasteiger partial charge in [-0.15, -0.1) is 0 Å². The van der Waals surface area contributed by atoms with E-state index < -0.39 is 0 Å². The molecule has 0 aliphatic heterocycles. The topological polar surface area (TPSA) is 20.2 Å². The molecule has 1 aromatic carbocycles. The van der Waals surface area contributed by atoms with Crippen LogP contribution in [0.2, 0.25) is 0 Å². The zero-order valence-corrected chi connectivity index (χ0v) is 13.4. The van der Waals surface area contributed by atoms with Gasteiger partial charge in [0.25, 0.3) is 0 Å². The van der Waals surface area contributed by atoms with Crippen molar-refractivity contribution in [2.75, 3.05) is 32.8 Å². The van der Waals surface area contributed by atoms with Crippen molar-refractivity contribution in [1.82, 2.24) is 0 Å². The number of nitrogens with zero attached hydrogens (tertiary/aromatic N) is 1. The second-order valence-corrected chi connectivity index (χ2v) is 5.45. The lowest BCUT2D eigenvalue weighted by molar-refractivity contribution is -0.916. The average Bonchev–Trinajstić information content (AvgIpc) is 2.49. The van der Waals surface area contributed by atoms with E-state index in [0.717, 1.165) is 43.5 Å². The zero-order valence-electron chi connectivity index (χ0n) is 13.4. The van der Waals surface area contributed by atoms with Gasteiger partial charge in [0.1, 0.15) is 13.2 Å². The van der Waals surface area contributed by atoms with Crippen LogP contribution in [0.25, 0.3) is 6.08 Å². The summed E-state index contributed by atoms with van der Waals surface area (Å²) in [4.78, 5) is 0. The number of rotatable bonds is 8. The number of hydrogen-bond donors (Lipinski definition) is 1. The Kier molecular flexibility index (Phi) is 8.50. The maximum atomic E-state index is 8.85. The van der Waals surface area contributed by atoms with Gasteiger partial charge < -0.3 is 9.59 Å². The van der Waals surface area contributed by atoms with E-state index in [1.165, 1.54) is 5.56 Å². The van der Waals surface area contributed by atoms with Gasteiger partial charge in [-0.1, -0.05) is 56.2 Å². The predicted octanol–water partition coefficient (Wildman–Crippen LogP) is 3.33. The van der Waals surface area contributed by atoms with Crippen molar-refractivity contribution in [3.63, 3.8) is 0 Å². The standard InChI is InChI=1S/C19H28NO/c1-3-14-20(15-4-2,16-8-9-18-21)17-10-13-19-11-6-5-7-12-19/h5-7,10-13,21H,3-4,14-18H2,1-2H3/q+1. The molecule has 0 aromatic heterocycles. The minimum absolute atomic E-state index is 0.0435. The molecule has 0 saturated carbocycles. The molecule has 0 spiro atoms. The first-order valence-corrected chi connectivity index (χ1v) is 7.89. The Balaban J connectivity index is 2.76. The van der Waals surface area contributed by atoms with E-state index in [1.54, 1.807) is 0 Å². The van der Waals surface area contributed by atoms with Gasteiger partial charge in [0.15, 0.2) is 0 Å². The molecule has 1 N–H and O–H groups in total. The van der Waals surface area contributed by atoms with Crippen molar-refractivity contribution < 1.29 is 9.59 Å². The lowest BCUT2D eigenvalue weighted by Crippen LogP contribution is -2.49. The first-order chi connectivity index (χ1) is 10.3. The molecule has 0 amide bonds. The van der Waals surface area contributed by atoms with Gasteiger partial charge in [-0.2, -0.15) is 0 Å². The normalized spacial score (nSPS) is 11.4. The van der Waals surface area contributed by atoms with E-state index >= 15 is 0 Å². The van der Waals surface area contributed by atoms with Crippen LogP contribution in [-0.2, 0) is 0 Å². The third-order valence-electron chi connectivity index (χ3n) is 3.62. The van der Waals surface area contributed by atoms with Crippen LogP contribution >= 0.6 is 0 Å². The van der Waals surface area contributed by atoms with Gasteiger partial charge >= 0.3 is 0 Å². The molecule has 114 valence electrons. The molecular weight excluding hydrogens is 258 g/mol.